The first-order valence-corrected chi connectivity index (χ1v) is 9.18. The van der Waals surface area contributed by atoms with E-state index in [-0.39, 0.29) is 17.8 Å². The van der Waals surface area contributed by atoms with E-state index < -0.39 is 0 Å². The van der Waals surface area contributed by atoms with E-state index in [1.807, 2.05) is 32.0 Å². The van der Waals surface area contributed by atoms with E-state index in [0.717, 1.165) is 16.8 Å². The average molecular weight is 382 g/mol. The van der Waals surface area contributed by atoms with Crippen LogP contribution in [0.25, 0.3) is 0 Å². The molecule has 7 heteroatoms. The minimum absolute atomic E-state index is 0.0521. The van der Waals surface area contributed by atoms with Crippen LogP contribution in [0.3, 0.4) is 0 Å². The summed E-state index contributed by atoms with van der Waals surface area (Å²) in [6, 6.07) is 12.0. The number of nitrogens with one attached hydrogen (secondary N) is 4. The topological polar surface area (TPSA) is 99.3 Å². The molecule has 0 aliphatic rings. The smallest absolute Gasteiger partial charge is 0.323 e. The zero-order chi connectivity index (χ0) is 20.5. The van der Waals surface area contributed by atoms with Gasteiger partial charge in [-0.05, 0) is 61.4 Å². The minimum Gasteiger partial charge on any atom is -0.354 e. The first kappa shape index (κ1) is 21.0. The van der Waals surface area contributed by atoms with E-state index >= 15 is 0 Å². The molecular formula is C21H26N4O3. The second kappa shape index (κ2) is 10.1. The Morgan fingerprint density at radius 1 is 0.786 bits per heavy atom. The second-order valence-electron chi connectivity index (χ2n) is 6.49. The van der Waals surface area contributed by atoms with Crippen molar-refractivity contribution >= 4 is 29.2 Å². The molecule has 0 aliphatic heterocycles. The highest BCUT2D eigenvalue weighted by Crippen LogP contribution is 2.15. The lowest BCUT2D eigenvalue weighted by Crippen LogP contribution is -2.34. The maximum Gasteiger partial charge on any atom is 0.323 e. The summed E-state index contributed by atoms with van der Waals surface area (Å²) >= 11 is 0. The van der Waals surface area contributed by atoms with Crippen LogP contribution in [0.2, 0.25) is 0 Å². The summed E-state index contributed by atoms with van der Waals surface area (Å²) in [6.07, 6.45) is 0.416. The van der Waals surface area contributed by atoms with Gasteiger partial charge in [0.15, 0.2) is 0 Å². The summed E-state index contributed by atoms with van der Waals surface area (Å²) < 4.78 is 0. The summed E-state index contributed by atoms with van der Waals surface area (Å²) in [4.78, 5) is 35.4. The van der Waals surface area contributed by atoms with E-state index in [2.05, 4.69) is 21.3 Å². The summed E-state index contributed by atoms with van der Waals surface area (Å²) in [5, 5.41) is 10.9. The van der Waals surface area contributed by atoms with Crippen LogP contribution >= 0.6 is 0 Å². The molecule has 0 saturated carbocycles. The molecule has 2 aromatic carbocycles. The lowest BCUT2D eigenvalue weighted by atomic mass is 10.1. The Hall–Kier alpha value is -3.35. The van der Waals surface area contributed by atoms with E-state index in [1.165, 1.54) is 0 Å². The fourth-order valence-corrected chi connectivity index (χ4v) is 2.65. The standard InChI is InChI=1S/C21H26N4O3/c1-4-19(26)22-9-10-23-20(27)16-5-7-17(8-6-16)24-21(28)25-18-12-14(2)11-15(3)13-18/h5-8,11-13H,4,9-10H2,1-3H3,(H,22,26)(H,23,27)(H2,24,25,28). The molecule has 0 aromatic heterocycles. The van der Waals surface area contributed by atoms with Gasteiger partial charge in [-0.25, -0.2) is 4.79 Å². The van der Waals surface area contributed by atoms with Crippen molar-refractivity contribution in [1.82, 2.24) is 10.6 Å². The zero-order valence-electron chi connectivity index (χ0n) is 16.4. The first-order valence-electron chi connectivity index (χ1n) is 9.18. The van der Waals surface area contributed by atoms with Gasteiger partial charge in [0.1, 0.15) is 0 Å². The highest BCUT2D eigenvalue weighted by molar-refractivity contribution is 6.00. The number of urea groups is 1. The Morgan fingerprint density at radius 2 is 1.36 bits per heavy atom. The molecule has 0 atom stereocenters. The molecule has 0 bridgehead atoms. The highest BCUT2D eigenvalue weighted by atomic mass is 16.2. The Balaban J connectivity index is 1.83. The Bertz CT molecular complexity index is 827. The molecule has 0 heterocycles. The number of carbonyl (C=O) groups is 3. The predicted molar refractivity (Wildman–Crippen MR) is 111 cm³/mol. The molecule has 0 saturated heterocycles. The van der Waals surface area contributed by atoms with Gasteiger partial charge >= 0.3 is 6.03 Å². The van der Waals surface area contributed by atoms with Gasteiger partial charge in [-0.15, -0.1) is 0 Å². The SMILES string of the molecule is CCC(=O)NCCNC(=O)c1ccc(NC(=O)Nc2cc(C)cc(C)c2)cc1. The van der Waals surface area contributed by atoms with Gasteiger partial charge in [0.2, 0.25) is 5.91 Å². The zero-order valence-corrected chi connectivity index (χ0v) is 16.4. The first-order chi connectivity index (χ1) is 13.4. The lowest BCUT2D eigenvalue weighted by molar-refractivity contribution is -0.120. The van der Waals surface area contributed by atoms with Gasteiger partial charge in [-0.1, -0.05) is 13.0 Å². The molecule has 4 N–H and O–H groups in total. The number of hydrogen-bond donors (Lipinski definition) is 4. The normalized spacial score (nSPS) is 10.1. The van der Waals surface area contributed by atoms with Gasteiger partial charge in [-0.2, -0.15) is 0 Å². The molecule has 0 spiro atoms. The fraction of sp³-hybridized carbons (Fsp3) is 0.286. The van der Waals surface area contributed by atoms with Crippen molar-refractivity contribution in [3.8, 4) is 0 Å². The molecule has 0 unspecified atom stereocenters. The third-order valence-electron chi connectivity index (χ3n) is 3.94. The van der Waals surface area contributed by atoms with Crippen LogP contribution in [0, 0.1) is 13.8 Å². The van der Waals surface area contributed by atoms with Gasteiger partial charge in [0.05, 0.1) is 0 Å². The van der Waals surface area contributed by atoms with Crippen LogP contribution in [0.5, 0.6) is 0 Å². The summed E-state index contributed by atoms with van der Waals surface area (Å²) in [5.41, 5.74) is 3.91. The Labute approximate surface area is 164 Å². The van der Waals surface area contributed by atoms with Gasteiger partial charge in [0, 0.05) is 36.4 Å². The number of aryl methyl sites for hydroxylation is 2. The molecule has 2 aromatic rings. The number of benzene rings is 2. The van der Waals surface area contributed by atoms with Gasteiger partial charge < -0.3 is 21.3 Å². The number of carbonyl (C=O) groups excluding carboxylic acids is 3. The van der Waals surface area contributed by atoms with Gasteiger partial charge in [0.25, 0.3) is 5.91 Å². The molecule has 2 rings (SSSR count). The van der Waals surface area contributed by atoms with Crippen molar-refractivity contribution < 1.29 is 14.4 Å². The highest BCUT2D eigenvalue weighted by Gasteiger charge is 2.07. The molecule has 28 heavy (non-hydrogen) atoms. The maximum absolute atomic E-state index is 12.1. The quantitative estimate of drug-likeness (QED) is 0.553. The maximum atomic E-state index is 12.1. The van der Waals surface area contributed by atoms with Crippen molar-refractivity contribution in [3.63, 3.8) is 0 Å². The molecule has 4 amide bonds. The second-order valence-corrected chi connectivity index (χ2v) is 6.49. The van der Waals surface area contributed by atoms with Crippen LogP contribution in [-0.2, 0) is 4.79 Å². The van der Waals surface area contributed by atoms with E-state index in [0.29, 0.717) is 30.8 Å². The molecule has 0 fully saturated rings. The van der Waals surface area contributed by atoms with Crippen molar-refractivity contribution in [1.29, 1.82) is 0 Å². The van der Waals surface area contributed by atoms with Crippen molar-refractivity contribution in [2.24, 2.45) is 0 Å². The Morgan fingerprint density at radius 3 is 1.96 bits per heavy atom. The van der Waals surface area contributed by atoms with Crippen molar-refractivity contribution in [2.75, 3.05) is 23.7 Å². The van der Waals surface area contributed by atoms with Gasteiger partial charge in [-0.3, -0.25) is 9.59 Å². The Kier molecular flexibility index (Phi) is 7.56. The van der Waals surface area contributed by atoms with Crippen LogP contribution < -0.4 is 21.3 Å². The number of anilines is 2. The minimum atomic E-state index is -0.353. The summed E-state index contributed by atoms with van der Waals surface area (Å²) in [5.74, 6) is -0.291. The van der Waals surface area contributed by atoms with Crippen LogP contribution in [-0.4, -0.2) is 30.9 Å². The molecule has 7 nitrogen and oxygen atoms in total. The summed E-state index contributed by atoms with van der Waals surface area (Å²) in [7, 11) is 0. The number of rotatable bonds is 7. The molecular weight excluding hydrogens is 356 g/mol. The monoisotopic (exact) mass is 382 g/mol. The largest absolute Gasteiger partial charge is 0.354 e. The van der Waals surface area contributed by atoms with E-state index in [1.54, 1.807) is 31.2 Å². The summed E-state index contributed by atoms with van der Waals surface area (Å²) in [6.45, 7) is 6.44. The lowest BCUT2D eigenvalue weighted by Gasteiger charge is -2.10. The van der Waals surface area contributed by atoms with Crippen LogP contribution in [0.1, 0.15) is 34.8 Å². The van der Waals surface area contributed by atoms with Crippen LogP contribution in [0.15, 0.2) is 42.5 Å². The van der Waals surface area contributed by atoms with Crippen LogP contribution in [0.4, 0.5) is 16.2 Å². The van der Waals surface area contributed by atoms with Crippen molar-refractivity contribution in [3.05, 3.63) is 59.2 Å². The number of hydrogen-bond acceptors (Lipinski definition) is 3. The van der Waals surface area contributed by atoms with E-state index in [4.69, 9.17) is 0 Å². The average Bonchev–Trinajstić information content (AvgIpc) is 2.64. The predicted octanol–water partition coefficient (Wildman–Crippen LogP) is 3.20. The number of amides is 4. The van der Waals surface area contributed by atoms with Crippen molar-refractivity contribution in [2.45, 2.75) is 27.2 Å². The third-order valence-corrected chi connectivity index (χ3v) is 3.94. The molecule has 0 radical (unpaired) electrons. The third kappa shape index (κ3) is 6.75. The van der Waals surface area contributed by atoms with E-state index in [9.17, 15) is 14.4 Å². The fourth-order valence-electron chi connectivity index (χ4n) is 2.65. The molecule has 0 aliphatic carbocycles. The molecule has 148 valence electrons.